The molecule has 3 rings (SSSR count). The van der Waals surface area contributed by atoms with Gasteiger partial charge in [0.2, 0.25) is 5.91 Å². The smallest absolute Gasteiger partial charge is 0.307 e. The van der Waals surface area contributed by atoms with Crippen LogP contribution in [-0.4, -0.2) is 29.3 Å². The van der Waals surface area contributed by atoms with Gasteiger partial charge in [-0.15, -0.1) is 11.8 Å². The molecule has 20 heavy (non-hydrogen) atoms. The Morgan fingerprint density at radius 1 is 1.20 bits per heavy atom. The summed E-state index contributed by atoms with van der Waals surface area (Å²) in [6.45, 7) is 0.670. The molecule has 1 amide bonds. The maximum Gasteiger partial charge on any atom is 0.307 e. The van der Waals surface area contributed by atoms with Gasteiger partial charge in [0.15, 0.2) is 0 Å². The molecule has 1 heterocycles. The number of nitrogens with zero attached hydrogens (tertiary/aromatic N) is 1. The van der Waals surface area contributed by atoms with E-state index >= 15 is 0 Å². The van der Waals surface area contributed by atoms with Crippen molar-refractivity contribution in [3.8, 4) is 0 Å². The van der Waals surface area contributed by atoms with Gasteiger partial charge in [0.05, 0.1) is 17.5 Å². The van der Waals surface area contributed by atoms with E-state index in [2.05, 4.69) is 0 Å². The molecule has 106 valence electrons. The molecule has 1 aromatic carbocycles. The van der Waals surface area contributed by atoms with Crippen LogP contribution in [0.15, 0.2) is 29.2 Å². The summed E-state index contributed by atoms with van der Waals surface area (Å²) in [5.41, 5.74) is 0.935. The number of hydrogen-bond acceptors (Lipinski definition) is 3. The molecule has 1 aromatic rings. The van der Waals surface area contributed by atoms with Crippen molar-refractivity contribution in [1.82, 2.24) is 0 Å². The van der Waals surface area contributed by atoms with E-state index in [1.165, 1.54) is 0 Å². The number of carbonyl (C=O) groups excluding carboxylic acids is 1. The van der Waals surface area contributed by atoms with E-state index < -0.39 is 11.9 Å². The number of carbonyl (C=O) groups is 2. The van der Waals surface area contributed by atoms with Gasteiger partial charge in [0.1, 0.15) is 0 Å². The minimum Gasteiger partial charge on any atom is -0.481 e. The van der Waals surface area contributed by atoms with E-state index in [1.807, 2.05) is 24.3 Å². The van der Waals surface area contributed by atoms with Crippen LogP contribution in [-0.2, 0) is 9.59 Å². The highest BCUT2D eigenvalue weighted by Crippen LogP contribution is 2.39. The van der Waals surface area contributed by atoms with Crippen LogP contribution in [0.4, 0.5) is 5.69 Å². The van der Waals surface area contributed by atoms with E-state index in [-0.39, 0.29) is 11.8 Å². The molecule has 2 unspecified atom stereocenters. The number of thioether (sulfide) groups is 1. The quantitative estimate of drug-likeness (QED) is 0.910. The molecular formula is C15H17NO3S. The van der Waals surface area contributed by atoms with Crippen molar-refractivity contribution in [2.45, 2.75) is 24.2 Å². The van der Waals surface area contributed by atoms with Gasteiger partial charge in [-0.1, -0.05) is 18.6 Å². The highest BCUT2D eigenvalue weighted by atomic mass is 32.2. The Hall–Kier alpha value is -1.49. The third-order valence-corrected chi connectivity index (χ3v) is 5.19. The van der Waals surface area contributed by atoms with Crippen LogP contribution in [0.1, 0.15) is 19.3 Å². The number of carboxylic acids is 1. The second kappa shape index (κ2) is 5.48. The molecule has 4 nitrogen and oxygen atoms in total. The molecule has 0 saturated heterocycles. The minimum absolute atomic E-state index is 0.0114. The Morgan fingerprint density at radius 3 is 2.75 bits per heavy atom. The summed E-state index contributed by atoms with van der Waals surface area (Å²) in [4.78, 5) is 26.9. The van der Waals surface area contributed by atoms with Crippen molar-refractivity contribution in [3.63, 3.8) is 0 Å². The predicted octanol–water partition coefficient (Wildman–Crippen LogP) is 2.63. The van der Waals surface area contributed by atoms with Crippen molar-refractivity contribution in [1.29, 1.82) is 0 Å². The molecule has 0 spiro atoms. The number of anilines is 1. The SMILES string of the molecule is O=C(O)C1CCCC1C(=O)N1CCSc2ccccc21. The Kier molecular flexibility index (Phi) is 3.70. The van der Waals surface area contributed by atoms with Crippen LogP contribution in [0.3, 0.4) is 0 Å². The van der Waals surface area contributed by atoms with Crippen LogP contribution >= 0.6 is 11.8 Å². The van der Waals surface area contributed by atoms with E-state index in [4.69, 9.17) is 0 Å². The lowest BCUT2D eigenvalue weighted by molar-refractivity contribution is -0.145. The molecule has 1 aliphatic carbocycles. The lowest BCUT2D eigenvalue weighted by Crippen LogP contribution is -2.42. The molecule has 0 aromatic heterocycles. The average molecular weight is 291 g/mol. The van der Waals surface area contributed by atoms with Crippen LogP contribution in [0.5, 0.6) is 0 Å². The number of carboxylic acid groups (broad SMARTS) is 1. The van der Waals surface area contributed by atoms with Crippen LogP contribution in [0, 0.1) is 11.8 Å². The summed E-state index contributed by atoms with van der Waals surface area (Å²) >= 11 is 1.75. The van der Waals surface area contributed by atoms with Crippen LogP contribution in [0.25, 0.3) is 0 Å². The zero-order chi connectivity index (χ0) is 14.1. The highest BCUT2D eigenvalue weighted by molar-refractivity contribution is 7.99. The minimum atomic E-state index is -0.833. The highest BCUT2D eigenvalue weighted by Gasteiger charge is 2.40. The van der Waals surface area contributed by atoms with E-state index in [0.29, 0.717) is 19.4 Å². The number of aliphatic carboxylic acids is 1. The molecule has 1 fully saturated rings. The fourth-order valence-corrected chi connectivity index (χ4v) is 4.14. The molecule has 0 bridgehead atoms. The van der Waals surface area contributed by atoms with Gasteiger partial charge in [-0.3, -0.25) is 9.59 Å². The summed E-state index contributed by atoms with van der Waals surface area (Å²) in [6, 6.07) is 7.86. The standard InChI is InChI=1S/C15H17NO3S/c17-14(10-4-3-5-11(10)15(18)19)16-8-9-20-13-7-2-1-6-12(13)16/h1-2,6-7,10-11H,3-5,8-9H2,(H,18,19). The molecule has 1 aliphatic heterocycles. The molecule has 2 aliphatic rings. The molecule has 1 saturated carbocycles. The summed E-state index contributed by atoms with van der Waals surface area (Å²) < 4.78 is 0. The maximum atomic E-state index is 12.7. The normalized spacial score (nSPS) is 25.3. The summed E-state index contributed by atoms with van der Waals surface area (Å²) in [7, 11) is 0. The third kappa shape index (κ3) is 2.30. The zero-order valence-electron chi connectivity index (χ0n) is 11.1. The molecule has 0 radical (unpaired) electrons. The first-order valence-electron chi connectivity index (χ1n) is 6.94. The van der Waals surface area contributed by atoms with Crippen molar-refractivity contribution >= 4 is 29.3 Å². The van der Waals surface area contributed by atoms with Gasteiger partial charge in [0, 0.05) is 17.2 Å². The molecule has 2 atom stereocenters. The maximum absolute atomic E-state index is 12.7. The lowest BCUT2D eigenvalue weighted by atomic mass is 9.94. The first-order valence-corrected chi connectivity index (χ1v) is 7.93. The molecule has 5 heteroatoms. The zero-order valence-corrected chi connectivity index (χ0v) is 11.9. The number of rotatable bonds is 2. The average Bonchev–Trinajstić information content (AvgIpc) is 2.95. The first kappa shape index (κ1) is 13.5. The van der Waals surface area contributed by atoms with Crippen LogP contribution < -0.4 is 4.90 Å². The van der Waals surface area contributed by atoms with Gasteiger partial charge in [-0.2, -0.15) is 0 Å². The Balaban J connectivity index is 1.87. The third-order valence-electron chi connectivity index (χ3n) is 4.14. The van der Waals surface area contributed by atoms with Gasteiger partial charge in [0.25, 0.3) is 0 Å². The Morgan fingerprint density at radius 2 is 1.95 bits per heavy atom. The lowest BCUT2D eigenvalue weighted by Gasteiger charge is -2.32. The number of benzene rings is 1. The van der Waals surface area contributed by atoms with Gasteiger partial charge < -0.3 is 10.0 Å². The van der Waals surface area contributed by atoms with Crippen molar-refractivity contribution in [2.24, 2.45) is 11.8 Å². The van der Waals surface area contributed by atoms with E-state index in [0.717, 1.165) is 22.8 Å². The number of fused-ring (bicyclic) bond motifs is 1. The van der Waals surface area contributed by atoms with Crippen molar-refractivity contribution in [2.75, 3.05) is 17.2 Å². The number of hydrogen-bond donors (Lipinski definition) is 1. The fourth-order valence-electron chi connectivity index (χ4n) is 3.15. The number of para-hydroxylation sites is 1. The fraction of sp³-hybridized carbons (Fsp3) is 0.467. The topological polar surface area (TPSA) is 57.6 Å². The van der Waals surface area contributed by atoms with Crippen LogP contribution in [0.2, 0.25) is 0 Å². The predicted molar refractivity (Wildman–Crippen MR) is 78.0 cm³/mol. The molecular weight excluding hydrogens is 274 g/mol. The second-order valence-corrected chi connectivity index (χ2v) is 6.42. The first-order chi connectivity index (χ1) is 9.68. The monoisotopic (exact) mass is 291 g/mol. The largest absolute Gasteiger partial charge is 0.481 e. The van der Waals surface area contributed by atoms with Crippen molar-refractivity contribution in [3.05, 3.63) is 24.3 Å². The van der Waals surface area contributed by atoms with Gasteiger partial charge in [-0.05, 0) is 25.0 Å². The summed E-state index contributed by atoms with van der Waals surface area (Å²) in [5.74, 6) is -0.844. The second-order valence-electron chi connectivity index (χ2n) is 5.29. The van der Waals surface area contributed by atoms with Crippen molar-refractivity contribution < 1.29 is 14.7 Å². The van der Waals surface area contributed by atoms with E-state index in [1.54, 1.807) is 16.7 Å². The Bertz CT molecular complexity index is 546. The summed E-state index contributed by atoms with van der Waals surface area (Å²) in [5, 5.41) is 9.25. The summed E-state index contributed by atoms with van der Waals surface area (Å²) in [6.07, 6.45) is 2.15. The van der Waals surface area contributed by atoms with E-state index in [9.17, 15) is 14.7 Å². The van der Waals surface area contributed by atoms with Gasteiger partial charge >= 0.3 is 5.97 Å². The van der Waals surface area contributed by atoms with Gasteiger partial charge in [-0.25, -0.2) is 0 Å². The number of amides is 1. The Labute approximate surface area is 122 Å². The molecule has 1 N–H and O–H groups in total.